The fraction of sp³-hybridized carbons (Fsp3) is 0.182. The lowest BCUT2D eigenvalue weighted by atomic mass is 10.2. The first kappa shape index (κ1) is 11.2. The molecule has 1 heterocycles. The van der Waals surface area contributed by atoms with E-state index in [1.54, 1.807) is 12.3 Å². The average Bonchev–Trinajstić information content (AvgIpc) is 2.55. The van der Waals surface area contributed by atoms with Crippen LogP contribution >= 0.6 is 0 Å². The molecule has 2 heteroatoms. The van der Waals surface area contributed by atoms with Crippen LogP contribution in [-0.4, -0.2) is 10.2 Å². The molecule has 0 unspecified atom stereocenters. The number of hydrogen-bond acceptors (Lipinski definition) is 1. The van der Waals surface area contributed by atoms with Crippen LogP contribution < -0.4 is 10.6 Å². The molecule has 1 rings (SSSR count). The Morgan fingerprint density at radius 3 is 2.69 bits per heavy atom. The summed E-state index contributed by atoms with van der Waals surface area (Å²) < 4.78 is 0. The lowest BCUT2D eigenvalue weighted by molar-refractivity contribution is 1.06. The van der Waals surface area contributed by atoms with E-state index < -0.39 is 0 Å². The van der Waals surface area contributed by atoms with Crippen LogP contribution in [-0.2, 0) is 0 Å². The molecule has 0 amide bonds. The number of H-pyrrole nitrogens is 1. The molecule has 68 valence electrons. The van der Waals surface area contributed by atoms with Crippen LogP contribution in [0, 0.1) is 12.3 Å². The van der Waals surface area contributed by atoms with Gasteiger partial charge < -0.3 is 0 Å². The molecule has 0 radical (unpaired) electrons. The third kappa shape index (κ3) is 3.44. The molecule has 0 aromatic carbocycles. The molecule has 1 aromatic rings. The van der Waals surface area contributed by atoms with Gasteiger partial charge in [-0.15, -0.1) is 6.42 Å². The second-order valence-electron chi connectivity index (χ2n) is 2.12. The summed E-state index contributed by atoms with van der Waals surface area (Å²) >= 11 is 0. The predicted molar refractivity (Wildman–Crippen MR) is 57.1 cm³/mol. The highest BCUT2D eigenvalue weighted by Crippen LogP contribution is 1.84. The van der Waals surface area contributed by atoms with E-state index in [-0.39, 0.29) is 0 Å². The fourth-order valence-corrected chi connectivity index (χ4v) is 0.676. The number of allylic oxidation sites excluding steroid dienone is 1. The first-order chi connectivity index (χ1) is 6.24. The number of nitrogens with one attached hydrogen (secondary N) is 1. The van der Waals surface area contributed by atoms with E-state index in [4.69, 9.17) is 6.42 Å². The van der Waals surface area contributed by atoms with Gasteiger partial charge in [-0.2, -0.15) is 5.10 Å². The second kappa shape index (κ2) is 5.84. The fourth-order valence-electron chi connectivity index (χ4n) is 0.676. The normalized spacial score (nSPS) is 9.77. The van der Waals surface area contributed by atoms with Crippen LogP contribution in [0.15, 0.2) is 18.3 Å². The standard InChI is InChI=1S/C9H8N2.C2H6/c1-4-7(2)5-9-6-10-11-8(9)3;1-2/h1,5-6,11H,2-3H2;1-2H3/b9-5-;. The van der Waals surface area contributed by atoms with E-state index in [0.29, 0.717) is 5.57 Å². The Morgan fingerprint density at radius 1 is 1.69 bits per heavy atom. The maximum Gasteiger partial charge on any atom is 0.0578 e. The number of aromatic amines is 1. The second-order valence-corrected chi connectivity index (χ2v) is 2.12. The number of nitrogens with zero attached hydrogens (tertiary/aromatic N) is 1. The van der Waals surface area contributed by atoms with Crippen molar-refractivity contribution in [1.29, 1.82) is 0 Å². The molecule has 0 atom stereocenters. The zero-order valence-electron chi connectivity index (χ0n) is 8.09. The monoisotopic (exact) mass is 174 g/mol. The summed E-state index contributed by atoms with van der Waals surface area (Å²) in [6.45, 7) is 11.3. The Labute approximate surface area is 78.7 Å². The molecule has 1 aromatic heterocycles. The molecule has 13 heavy (non-hydrogen) atoms. The van der Waals surface area contributed by atoms with Gasteiger partial charge in [0.15, 0.2) is 0 Å². The van der Waals surface area contributed by atoms with Crippen LogP contribution in [0.3, 0.4) is 0 Å². The molecule has 0 bridgehead atoms. The van der Waals surface area contributed by atoms with Gasteiger partial charge in [0.25, 0.3) is 0 Å². The van der Waals surface area contributed by atoms with Gasteiger partial charge in [0, 0.05) is 10.8 Å². The topological polar surface area (TPSA) is 28.7 Å². The molecule has 0 aliphatic rings. The van der Waals surface area contributed by atoms with Crippen molar-refractivity contribution < 1.29 is 0 Å². The number of aromatic nitrogens is 2. The van der Waals surface area contributed by atoms with Gasteiger partial charge in [0.2, 0.25) is 0 Å². The third-order valence-electron chi connectivity index (χ3n) is 1.27. The van der Waals surface area contributed by atoms with Gasteiger partial charge in [0.05, 0.1) is 11.5 Å². The summed E-state index contributed by atoms with van der Waals surface area (Å²) in [4.78, 5) is 0. The maximum absolute atomic E-state index is 5.11. The third-order valence-corrected chi connectivity index (χ3v) is 1.27. The van der Waals surface area contributed by atoms with Gasteiger partial charge in [0.1, 0.15) is 0 Å². The van der Waals surface area contributed by atoms with Crippen LogP contribution in [0.25, 0.3) is 12.7 Å². The van der Waals surface area contributed by atoms with Gasteiger partial charge in [-0.25, -0.2) is 0 Å². The molecule has 0 fully saturated rings. The Kier molecular flexibility index (Phi) is 5.06. The summed E-state index contributed by atoms with van der Waals surface area (Å²) in [5.74, 6) is 2.41. The van der Waals surface area contributed by atoms with Crippen molar-refractivity contribution in [2.24, 2.45) is 0 Å². The quantitative estimate of drug-likeness (QED) is 0.627. The summed E-state index contributed by atoms with van der Waals surface area (Å²) in [7, 11) is 0. The largest absolute Gasteiger partial charge is 0.278 e. The van der Waals surface area contributed by atoms with Gasteiger partial charge >= 0.3 is 0 Å². The highest BCUT2D eigenvalue weighted by molar-refractivity contribution is 5.54. The Bertz CT molecular complexity index is 404. The molecule has 0 aliphatic heterocycles. The molecule has 2 nitrogen and oxygen atoms in total. The van der Waals surface area contributed by atoms with E-state index in [1.807, 2.05) is 13.8 Å². The zero-order valence-corrected chi connectivity index (χ0v) is 8.09. The number of hydrogen-bond donors (Lipinski definition) is 1. The van der Waals surface area contributed by atoms with Gasteiger partial charge in [-0.1, -0.05) is 32.9 Å². The van der Waals surface area contributed by atoms with E-state index in [0.717, 1.165) is 10.6 Å². The van der Waals surface area contributed by atoms with E-state index >= 15 is 0 Å². The smallest absolute Gasteiger partial charge is 0.0578 e. The van der Waals surface area contributed by atoms with Gasteiger partial charge in [-0.05, 0) is 6.08 Å². The maximum atomic E-state index is 5.11. The Morgan fingerprint density at radius 2 is 2.31 bits per heavy atom. The molecule has 0 spiro atoms. The molecule has 0 aliphatic carbocycles. The molecule has 1 N–H and O–H groups in total. The first-order valence-electron chi connectivity index (χ1n) is 4.09. The molecular weight excluding hydrogens is 160 g/mol. The average molecular weight is 174 g/mol. The van der Waals surface area contributed by atoms with Crippen LogP contribution in [0.2, 0.25) is 0 Å². The lowest BCUT2D eigenvalue weighted by Crippen LogP contribution is -2.19. The summed E-state index contributed by atoms with van der Waals surface area (Å²) in [6, 6.07) is 0. The highest BCUT2D eigenvalue weighted by Gasteiger charge is 1.84. The van der Waals surface area contributed by atoms with Crippen LogP contribution in [0.5, 0.6) is 0 Å². The predicted octanol–water partition coefficient (Wildman–Crippen LogP) is 0.816. The molecule has 0 saturated carbocycles. The van der Waals surface area contributed by atoms with E-state index in [1.165, 1.54) is 0 Å². The minimum atomic E-state index is 0.622. The van der Waals surface area contributed by atoms with E-state index in [9.17, 15) is 0 Å². The van der Waals surface area contributed by atoms with Crippen molar-refractivity contribution in [3.8, 4) is 12.3 Å². The minimum Gasteiger partial charge on any atom is -0.278 e. The van der Waals surface area contributed by atoms with Crippen LogP contribution in [0.4, 0.5) is 0 Å². The van der Waals surface area contributed by atoms with Gasteiger partial charge in [-0.3, -0.25) is 5.10 Å². The van der Waals surface area contributed by atoms with Crippen molar-refractivity contribution in [2.45, 2.75) is 13.8 Å². The first-order valence-corrected chi connectivity index (χ1v) is 4.09. The minimum absolute atomic E-state index is 0.622. The number of terminal acetylenes is 1. The Balaban J connectivity index is 0.000000671. The highest BCUT2D eigenvalue weighted by atomic mass is 15.1. The SMILES string of the molecule is C#CC(=C)/C=c1/cn[nH]c1=C.CC. The molecular formula is C11H14N2. The van der Waals surface area contributed by atoms with Crippen molar-refractivity contribution in [2.75, 3.05) is 0 Å². The molecule has 0 saturated heterocycles. The summed E-state index contributed by atoms with van der Waals surface area (Å²) in [5.41, 5.74) is 0.622. The van der Waals surface area contributed by atoms with Crippen molar-refractivity contribution >= 4 is 12.7 Å². The van der Waals surface area contributed by atoms with E-state index in [2.05, 4.69) is 29.3 Å². The van der Waals surface area contributed by atoms with Crippen molar-refractivity contribution in [3.05, 3.63) is 28.9 Å². The summed E-state index contributed by atoms with van der Waals surface area (Å²) in [5, 5.41) is 8.11. The summed E-state index contributed by atoms with van der Waals surface area (Å²) in [6.07, 6.45) is 8.52. The van der Waals surface area contributed by atoms with Crippen LogP contribution in [0.1, 0.15) is 13.8 Å². The lowest BCUT2D eigenvalue weighted by Gasteiger charge is -1.79. The van der Waals surface area contributed by atoms with Crippen molar-refractivity contribution in [1.82, 2.24) is 10.2 Å². The zero-order chi connectivity index (χ0) is 10.3. The van der Waals surface area contributed by atoms with Crippen molar-refractivity contribution in [3.63, 3.8) is 0 Å². The Hall–Kier alpha value is -1.75. The number of rotatable bonds is 1.